The SMILES string of the molecule is CCN(CC(=O)O)C1CCN(C(=O)Cc2ccccc2OC)CC1. The second-order valence-electron chi connectivity index (χ2n) is 6.06. The van der Waals surface area contributed by atoms with Gasteiger partial charge >= 0.3 is 5.97 Å². The topological polar surface area (TPSA) is 70.1 Å². The number of carbonyl (C=O) groups is 2. The van der Waals surface area contributed by atoms with Crippen molar-refractivity contribution in [2.45, 2.75) is 32.2 Å². The van der Waals surface area contributed by atoms with Crippen LogP contribution in [-0.4, -0.2) is 66.1 Å². The molecule has 1 aliphatic rings. The number of carbonyl (C=O) groups excluding carboxylic acids is 1. The molecule has 24 heavy (non-hydrogen) atoms. The van der Waals surface area contributed by atoms with Crippen LogP contribution in [0.5, 0.6) is 5.75 Å². The molecule has 6 nitrogen and oxygen atoms in total. The fourth-order valence-corrected chi connectivity index (χ4v) is 3.28. The van der Waals surface area contributed by atoms with Crippen molar-refractivity contribution in [2.75, 3.05) is 33.3 Å². The monoisotopic (exact) mass is 334 g/mol. The molecule has 6 heteroatoms. The maximum atomic E-state index is 12.5. The van der Waals surface area contributed by atoms with Crippen LogP contribution >= 0.6 is 0 Å². The number of ether oxygens (including phenoxy) is 1. The molecule has 1 aromatic rings. The van der Waals surface area contributed by atoms with Gasteiger partial charge in [0.05, 0.1) is 20.1 Å². The molecular weight excluding hydrogens is 308 g/mol. The summed E-state index contributed by atoms with van der Waals surface area (Å²) < 4.78 is 5.30. The number of methoxy groups -OCH3 is 1. The zero-order valence-electron chi connectivity index (χ0n) is 14.4. The number of carboxylic acids is 1. The van der Waals surface area contributed by atoms with Gasteiger partial charge in [-0.25, -0.2) is 0 Å². The second kappa shape index (κ2) is 8.68. The summed E-state index contributed by atoms with van der Waals surface area (Å²) in [5.74, 6) is 0.0325. The summed E-state index contributed by atoms with van der Waals surface area (Å²) in [5, 5.41) is 8.98. The molecule has 0 aromatic heterocycles. The van der Waals surface area contributed by atoms with Crippen molar-refractivity contribution in [3.63, 3.8) is 0 Å². The molecule has 1 fully saturated rings. The van der Waals surface area contributed by atoms with Crippen molar-refractivity contribution in [1.82, 2.24) is 9.80 Å². The molecule has 0 bridgehead atoms. The number of likely N-dealkylation sites (N-methyl/N-ethyl adjacent to an activating group) is 1. The van der Waals surface area contributed by atoms with Gasteiger partial charge < -0.3 is 14.7 Å². The zero-order valence-corrected chi connectivity index (χ0v) is 14.4. The van der Waals surface area contributed by atoms with Crippen molar-refractivity contribution >= 4 is 11.9 Å². The highest BCUT2D eigenvalue weighted by Gasteiger charge is 2.27. The van der Waals surface area contributed by atoms with Crippen LogP contribution in [0.4, 0.5) is 0 Å². The molecule has 1 aliphatic heterocycles. The average molecular weight is 334 g/mol. The number of hydrogen-bond acceptors (Lipinski definition) is 4. The smallest absolute Gasteiger partial charge is 0.317 e. The Labute approximate surface area is 143 Å². The summed E-state index contributed by atoms with van der Waals surface area (Å²) >= 11 is 0. The van der Waals surface area contributed by atoms with Crippen molar-refractivity contribution in [2.24, 2.45) is 0 Å². The first-order valence-electron chi connectivity index (χ1n) is 8.40. The van der Waals surface area contributed by atoms with E-state index in [0.29, 0.717) is 26.1 Å². The number of para-hydroxylation sites is 1. The molecule has 1 amide bonds. The number of benzene rings is 1. The summed E-state index contributed by atoms with van der Waals surface area (Å²) in [7, 11) is 1.61. The molecule has 1 saturated heterocycles. The van der Waals surface area contributed by atoms with Gasteiger partial charge in [0.2, 0.25) is 5.91 Å². The van der Waals surface area contributed by atoms with E-state index in [1.165, 1.54) is 0 Å². The number of amides is 1. The van der Waals surface area contributed by atoms with E-state index >= 15 is 0 Å². The van der Waals surface area contributed by atoms with E-state index in [9.17, 15) is 9.59 Å². The number of likely N-dealkylation sites (tertiary alicyclic amines) is 1. The number of aliphatic carboxylic acids is 1. The number of rotatable bonds is 7. The molecule has 0 saturated carbocycles. The molecule has 132 valence electrons. The maximum Gasteiger partial charge on any atom is 0.317 e. The van der Waals surface area contributed by atoms with Crippen LogP contribution < -0.4 is 4.74 Å². The second-order valence-corrected chi connectivity index (χ2v) is 6.06. The van der Waals surface area contributed by atoms with Crippen molar-refractivity contribution < 1.29 is 19.4 Å². The number of nitrogens with zero attached hydrogens (tertiary/aromatic N) is 2. The molecule has 0 aliphatic carbocycles. The molecule has 0 unspecified atom stereocenters. The average Bonchev–Trinajstić information content (AvgIpc) is 2.60. The summed E-state index contributed by atoms with van der Waals surface area (Å²) in [6.45, 7) is 4.11. The van der Waals surface area contributed by atoms with E-state index in [2.05, 4.69) is 0 Å². The molecule has 0 atom stereocenters. The predicted molar refractivity (Wildman–Crippen MR) is 91.2 cm³/mol. The Balaban J connectivity index is 1.89. The van der Waals surface area contributed by atoms with E-state index in [-0.39, 0.29) is 18.5 Å². The van der Waals surface area contributed by atoms with E-state index in [0.717, 1.165) is 24.2 Å². The van der Waals surface area contributed by atoms with Crippen LogP contribution in [0.25, 0.3) is 0 Å². The standard InChI is InChI=1S/C18H26N2O4/c1-3-19(13-18(22)23)15-8-10-20(11-9-15)17(21)12-14-6-4-5-7-16(14)24-2/h4-7,15H,3,8-13H2,1-2H3,(H,22,23). The van der Waals surface area contributed by atoms with Crippen LogP contribution in [0.1, 0.15) is 25.3 Å². The van der Waals surface area contributed by atoms with Crippen LogP contribution in [0.15, 0.2) is 24.3 Å². The van der Waals surface area contributed by atoms with E-state index in [1.54, 1.807) is 7.11 Å². The molecule has 1 N–H and O–H groups in total. The van der Waals surface area contributed by atoms with E-state index in [1.807, 2.05) is 41.0 Å². The quantitative estimate of drug-likeness (QED) is 0.821. The van der Waals surface area contributed by atoms with Crippen LogP contribution in [0.3, 0.4) is 0 Å². The van der Waals surface area contributed by atoms with Gasteiger partial charge in [-0.15, -0.1) is 0 Å². The van der Waals surface area contributed by atoms with Crippen molar-refractivity contribution in [3.8, 4) is 5.75 Å². The highest BCUT2D eigenvalue weighted by atomic mass is 16.5. The van der Waals surface area contributed by atoms with Gasteiger partial charge in [0, 0.05) is 24.7 Å². The summed E-state index contributed by atoms with van der Waals surface area (Å²) in [6, 6.07) is 7.80. The molecule has 0 radical (unpaired) electrons. The molecule has 2 rings (SSSR count). The first-order chi connectivity index (χ1) is 11.5. The molecular formula is C18H26N2O4. The largest absolute Gasteiger partial charge is 0.496 e. The first kappa shape index (κ1) is 18.3. The summed E-state index contributed by atoms with van der Waals surface area (Å²) in [5.41, 5.74) is 0.896. The fourth-order valence-electron chi connectivity index (χ4n) is 3.28. The molecule has 1 aromatic carbocycles. The van der Waals surface area contributed by atoms with Crippen LogP contribution in [0.2, 0.25) is 0 Å². The Bertz CT molecular complexity index is 568. The lowest BCUT2D eigenvalue weighted by atomic mass is 10.0. The van der Waals surface area contributed by atoms with E-state index in [4.69, 9.17) is 9.84 Å². The van der Waals surface area contributed by atoms with Crippen LogP contribution in [-0.2, 0) is 16.0 Å². The lowest BCUT2D eigenvalue weighted by Crippen LogP contribution is -2.48. The Kier molecular flexibility index (Phi) is 6.61. The summed E-state index contributed by atoms with van der Waals surface area (Å²) in [4.78, 5) is 27.3. The normalized spacial score (nSPS) is 15.5. The van der Waals surface area contributed by atoms with Gasteiger partial charge in [-0.05, 0) is 25.5 Å². The third-order valence-corrected chi connectivity index (χ3v) is 4.61. The lowest BCUT2D eigenvalue weighted by molar-refractivity contribution is -0.140. The van der Waals surface area contributed by atoms with Gasteiger partial charge in [-0.2, -0.15) is 0 Å². The number of hydrogen-bond donors (Lipinski definition) is 1. The Morgan fingerprint density at radius 3 is 2.54 bits per heavy atom. The molecule has 0 spiro atoms. The Morgan fingerprint density at radius 2 is 1.96 bits per heavy atom. The van der Waals surface area contributed by atoms with Crippen molar-refractivity contribution in [3.05, 3.63) is 29.8 Å². The van der Waals surface area contributed by atoms with Crippen molar-refractivity contribution in [1.29, 1.82) is 0 Å². The van der Waals surface area contributed by atoms with Gasteiger partial charge in [0.15, 0.2) is 0 Å². The van der Waals surface area contributed by atoms with Gasteiger partial charge in [0.25, 0.3) is 0 Å². The minimum absolute atomic E-state index is 0.0658. The fraction of sp³-hybridized carbons (Fsp3) is 0.556. The van der Waals surface area contributed by atoms with Gasteiger partial charge in [-0.1, -0.05) is 25.1 Å². The molecule has 1 heterocycles. The van der Waals surface area contributed by atoms with Crippen LogP contribution in [0, 0.1) is 0 Å². The first-order valence-corrected chi connectivity index (χ1v) is 8.40. The Morgan fingerprint density at radius 1 is 1.29 bits per heavy atom. The third kappa shape index (κ3) is 4.71. The maximum absolute atomic E-state index is 12.5. The lowest BCUT2D eigenvalue weighted by Gasteiger charge is -2.37. The highest BCUT2D eigenvalue weighted by molar-refractivity contribution is 5.79. The number of piperidine rings is 1. The highest BCUT2D eigenvalue weighted by Crippen LogP contribution is 2.21. The number of carboxylic acid groups (broad SMARTS) is 1. The van der Waals surface area contributed by atoms with E-state index < -0.39 is 5.97 Å². The Hall–Kier alpha value is -2.08. The minimum atomic E-state index is -0.800. The summed E-state index contributed by atoms with van der Waals surface area (Å²) in [6.07, 6.45) is 1.97. The van der Waals surface area contributed by atoms with Gasteiger partial charge in [-0.3, -0.25) is 14.5 Å². The predicted octanol–water partition coefficient (Wildman–Crippen LogP) is 1.64. The third-order valence-electron chi connectivity index (χ3n) is 4.61. The van der Waals surface area contributed by atoms with Gasteiger partial charge in [0.1, 0.15) is 5.75 Å². The zero-order chi connectivity index (χ0) is 17.5. The minimum Gasteiger partial charge on any atom is -0.496 e.